The predicted molar refractivity (Wildman–Crippen MR) is 74.2 cm³/mol. The van der Waals surface area contributed by atoms with E-state index in [1.54, 1.807) is 25.2 Å². The number of hydrogen-bond acceptors (Lipinski definition) is 4. The van der Waals surface area contributed by atoms with Crippen LogP contribution in [0.25, 0.3) is 0 Å². The van der Waals surface area contributed by atoms with Gasteiger partial charge in [-0.15, -0.1) is 11.3 Å². The van der Waals surface area contributed by atoms with E-state index in [1.807, 2.05) is 5.38 Å². The van der Waals surface area contributed by atoms with Gasteiger partial charge in [0, 0.05) is 16.2 Å². The van der Waals surface area contributed by atoms with E-state index >= 15 is 0 Å². The van der Waals surface area contributed by atoms with Gasteiger partial charge < -0.3 is 5.11 Å². The number of carboxylic acids is 1. The van der Waals surface area contributed by atoms with E-state index in [1.165, 1.54) is 0 Å². The van der Waals surface area contributed by atoms with Crippen LogP contribution in [0.3, 0.4) is 0 Å². The van der Waals surface area contributed by atoms with Gasteiger partial charge in [-0.1, -0.05) is 20.8 Å². The molecule has 0 saturated heterocycles. The van der Waals surface area contributed by atoms with Crippen LogP contribution in [0.2, 0.25) is 0 Å². The molecule has 0 aliphatic carbocycles. The molecule has 0 bridgehead atoms. The molecule has 1 aromatic heterocycles. The van der Waals surface area contributed by atoms with Crippen molar-refractivity contribution in [2.24, 2.45) is 5.92 Å². The van der Waals surface area contributed by atoms with Crippen molar-refractivity contribution in [3.8, 4) is 0 Å². The Morgan fingerprint density at radius 2 is 2.22 bits per heavy atom. The molecule has 2 atom stereocenters. The van der Waals surface area contributed by atoms with E-state index in [2.05, 4.69) is 11.9 Å². The third-order valence-corrected chi connectivity index (χ3v) is 5.34. The fourth-order valence-corrected chi connectivity index (χ4v) is 4.14. The summed E-state index contributed by atoms with van der Waals surface area (Å²) < 4.78 is 12.1. The average molecular weight is 289 g/mol. The lowest BCUT2D eigenvalue weighted by molar-refractivity contribution is -0.137. The number of hydrogen-bond donors (Lipinski definition) is 1. The molecular formula is C12H19NO3S2. The maximum Gasteiger partial charge on any atom is 0.319 e. The number of nitrogens with zero attached hydrogens (tertiary/aromatic N) is 1. The molecule has 1 rings (SSSR count). The first kappa shape index (κ1) is 15.3. The molecule has 0 amide bonds. The van der Waals surface area contributed by atoms with Crippen molar-refractivity contribution in [2.75, 3.05) is 0 Å². The van der Waals surface area contributed by atoms with Gasteiger partial charge in [0.25, 0.3) is 0 Å². The molecule has 18 heavy (non-hydrogen) atoms. The molecule has 0 aromatic carbocycles. The normalized spacial score (nSPS) is 14.7. The smallest absolute Gasteiger partial charge is 0.319 e. The first-order valence-corrected chi connectivity index (χ1v) is 8.25. The second kappa shape index (κ2) is 6.99. The van der Waals surface area contributed by atoms with Crippen LogP contribution in [0.4, 0.5) is 0 Å². The monoisotopic (exact) mass is 289 g/mol. The number of aliphatic carboxylic acids is 1. The SMILES string of the molecule is CCCc1nc(C[S@](=O)[C@@H](C(=O)O)C(C)C)cs1. The first-order chi connectivity index (χ1) is 8.45. The van der Waals surface area contributed by atoms with E-state index in [0.29, 0.717) is 0 Å². The van der Waals surface area contributed by atoms with E-state index in [9.17, 15) is 9.00 Å². The van der Waals surface area contributed by atoms with Crippen LogP contribution in [-0.2, 0) is 27.8 Å². The quantitative estimate of drug-likeness (QED) is 0.837. The third-order valence-electron chi connectivity index (χ3n) is 2.49. The number of carbonyl (C=O) groups is 1. The van der Waals surface area contributed by atoms with E-state index < -0.39 is 22.0 Å². The summed E-state index contributed by atoms with van der Waals surface area (Å²) in [6.07, 6.45) is 1.95. The Labute approximate surface area is 114 Å². The van der Waals surface area contributed by atoms with Crippen molar-refractivity contribution in [3.63, 3.8) is 0 Å². The van der Waals surface area contributed by atoms with Gasteiger partial charge in [-0.3, -0.25) is 9.00 Å². The number of rotatable bonds is 7. The maximum atomic E-state index is 12.1. The Kier molecular flexibility index (Phi) is 5.95. The van der Waals surface area contributed by atoms with Gasteiger partial charge >= 0.3 is 5.97 Å². The third kappa shape index (κ3) is 4.17. The zero-order chi connectivity index (χ0) is 13.7. The zero-order valence-electron chi connectivity index (χ0n) is 10.9. The Hall–Kier alpha value is -0.750. The highest BCUT2D eigenvalue weighted by molar-refractivity contribution is 7.85. The molecular weight excluding hydrogens is 270 g/mol. The van der Waals surface area contributed by atoms with Crippen LogP contribution < -0.4 is 0 Å². The lowest BCUT2D eigenvalue weighted by Crippen LogP contribution is -2.31. The van der Waals surface area contributed by atoms with Crippen LogP contribution in [0.15, 0.2) is 5.38 Å². The Bertz CT molecular complexity index is 429. The van der Waals surface area contributed by atoms with Crippen molar-refractivity contribution in [2.45, 2.75) is 44.6 Å². The molecule has 1 heterocycles. The minimum atomic E-state index is -1.41. The summed E-state index contributed by atoms with van der Waals surface area (Å²) in [5.74, 6) is -0.903. The number of aromatic nitrogens is 1. The molecule has 0 unspecified atom stereocenters. The Morgan fingerprint density at radius 1 is 1.56 bits per heavy atom. The minimum absolute atomic E-state index is 0.142. The summed E-state index contributed by atoms with van der Waals surface area (Å²) in [7, 11) is -1.41. The van der Waals surface area contributed by atoms with Crippen LogP contribution in [-0.4, -0.2) is 25.5 Å². The summed E-state index contributed by atoms with van der Waals surface area (Å²) in [4.78, 5) is 15.4. The van der Waals surface area contributed by atoms with Crippen molar-refractivity contribution in [3.05, 3.63) is 16.1 Å². The van der Waals surface area contributed by atoms with Gasteiger partial charge in [-0.2, -0.15) is 0 Å². The van der Waals surface area contributed by atoms with Crippen LogP contribution >= 0.6 is 11.3 Å². The largest absolute Gasteiger partial charge is 0.480 e. The molecule has 0 saturated carbocycles. The zero-order valence-corrected chi connectivity index (χ0v) is 12.5. The molecule has 0 aliphatic rings. The van der Waals surface area contributed by atoms with Gasteiger partial charge in [-0.25, -0.2) is 4.98 Å². The highest BCUT2D eigenvalue weighted by Crippen LogP contribution is 2.17. The fourth-order valence-electron chi connectivity index (χ4n) is 1.68. The molecule has 0 radical (unpaired) electrons. The molecule has 1 N–H and O–H groups in total. The Morgan fingerprint density at radius 3 is 2.72 bits per heavy atom. The van der Waals surface area contributed by atoms with Crippen molar-refractivity contribution < 1.29 is 14.1 Å². The number of carboxylic acid groups (broad SMARTS) is 1. The topological polar surface area (TPSA) is 67.3 Å². The van der Waals surface area contributed by atoms with E-state index in [0.717, 1.165) is 23.5 Å². The van der Waals surface area contributed by atoms with Crippen molar-refractivity contribution in [1.82, 2.24) is 4.98 Å². The second-order valence-electron chi connectivity index (χ2n) is 4.51. The van der Waals surface area contributed by atoms with Gasteiger partial charge in [0.15, 0.2) is 0 Å². The highest BCUT2D eigenvalue weighted by Gasteiger charge is 2.28. The summed E-state index contributed by atoms with van der Waals surface area (Å²) in [6, 6.07) is 0. The second-order valence-corrected chi connectivity index (χ2v) is 7.01. The van der Waals surface area contributed by atoms with Gasteiger partial charge in [0.05, 0.1) is 16.5 Å². The van der Waals surface area contributed by atoms with E-state index in [-0.39, 0.29) is 11.7 Å². The molecule has 0 fully saturated rings. The van der Waals surface area contributed by atoms with Gasteiger partial charge in [0.2, 0.25) is 0 Å². The molecule has 102 valence electrons. The summed E-state index contributed by atoms with van der Waals surface area (Å²) in [5, 5.41) is 11.2. The number of aryl methyl sites for hydroxylation is 1. The lowest BCUT2D eigenvalue weighted by atomic mass is 10.1. The molecule has 1 aromatic rings. The maximum absolute atomic E-state index is 12.1. The summed E-state index contributed by atoms with van der Waals surface area (Å²) >= 11 is 1.55. The lowest BCUT2D eigenvalue weighted by Gasteiger charge is -2.14. The molecule has 0 aliphatic heterocycles. The summed E-state index contributed by atoms with van der Waals surface area (Å²) in [5.41, 5.74) is 0.744. The first-order valence-electron chi connectivity index (χ1n) is 5.99. The van der Waals surface area contributed by atoms with Crippen molar-refractivity contribution >= 4 is 28.1 Å². The predicted octanol–water partition coefficient (Wildman–Crippen LogP) is 2.45. The van der Waals surface area contributed by atoms with Gasteiger partial charge in [0.1, 0.15) is 5.25 Å². The molecule has 0 spiro atoms. The van der Waals surface area contributed by atoms with Crippen LogP contribution in [0, 0.1) is 5.92 Å². The number of thiazole rings is 1. The van der Waals surface area contributed by atoms with Crippen molar-refractivity contribution in [1.29, 1.82) is 0 Å². The summed E-state index contributed by atoms with van der Waals surface area (Å²) in [6.45, 7) is 5.64. The molecule has 6 heteroatoms. The van der Waals surface area contributed by atoms with Gasteiger partial charge in [-0.05, 0) is 18.8 Å². The van der Waals surface area contributed by atoms with E-state index in [4.69, 9.17) is 5.11 Å². The highest BCUT2D eigenvalue weighted by atomic mass is 32.2. The fraction of sp³-hybridized carbons (Fsp3) is 0.667. The van der Waals surface area contributed by atoms with Crippen LogP contribution in [0.5, 0.6) is 0 Å². The van der Waals surface area contributed by atoms with Crippen LogP contribution in [0.1, 0.15) is 37.9 Å². The minimum Gasteiger partial charge on any atom is -0.480 e. The Balaban J connectivity index is 2.70. The standard InChI is InChI=1S/C12H19NO3S2/c1-4-5-10-13-9(6-17-10)7-18(16)11(8(2)3)12(14)15/h6,8,11H,4-5,7H2,1-3H3,(H,14,15)/t11-,18+/m1/s1. The molecule has 4 nitrogen and oxygen atoms in total. The average Bonchev–Trinajstić information content (AvgIpc) is 2.64.